The average molecular weight is 567 g/mol. The van der Waals surface area contributed by atoms with E-state index in [4.69, 9.17) is 0 Å². The Balaban J connectivity index is 1.40. The Labute approximate surface area is 259 Å². The molecule has 6 rings (SSSR count). The molecular weight excluding hydrogens is 532 g/mol. The van der Waals surface area contributed by atoms with Gasteiger partial charge >= 0.3 is 0 Å². The van der Waals surface area contributed by atoms with Crippen LogP contribution in [0.4, 0.5) is 11.4 Å². The number of para-hydroxylation sites is 2. The average Bonchev–Trinajstić information content (AvgIpc) is 3.67. The highest BCUT2D eigenvalue weighted by Gasteiger charge is 2.15. The van der Waals surface area contributed by atoms with E-state index in [1.165, 1.54) is 21.8 Å². The van der Waals surface area contributed by atoms with Crippen molar-refractivity contribution < 1.29 is 0 Å². The molecule has 1 aliphatic carbocycles. The number of hydrogen-bond acceptors (Lipinski definition) is 1. The van der Waals surface area contributed by atoms with Crippen molar-refractivity contribution >= 4 is 56.1 Å². The second kappa shape index (κ2) is 13.0. The number of fused-ring (bicyclic) bond motifs is 3. The Morgan fingerprint density at radius 2 is 1.55 bits per heavy atom. The van der Waals surface area contributed by atoms with Gasteiger partial charge in [0, 0.05) is 33.3 Å². The summed E-state index contributed by atoms with van der Waals surface area (Å²) in [7, 11) is 0. The molecule has 0 saturated carbocycles. The number of nitrogens with zero attached hydrogens (tertiary/aromatic N) is 1. The molecular formula is C42H34N2. The van der Waals surface area contributed by atoms with Crippen LogP contribution >= 0.6 is 0 Å². The summed E-state index contributed by atoms with van der Waals surface area (Å²) < 4.78 is 2.30. The van der Waals surface area contributed by atoms with Crippen LogP contribution in [0.2, 0.25) is 0 Å². The smallest absolute Gasteiger partial charge is 0.0897 e. The fourth-order valence-corrected chi connectivity index (χ4v) is 5.51. The molecule has 0 atom stereocenters. The van der Waals surface area contributed by atoms with Gasteiger partial charge in [-0.25, -0.2) is 0 Å². The topological polar surface area (TPSA) is 17.0 Å². The number of hydrogen-bond donors (Lipinski definition) is 1. The second-order valence-corrected chi connectivity index (χ2v) is 10.5. The first-order valence-electron chi connectivity index (χ1n) is 14.8. The van der Waals surface area contributed by atoms with Crippen molar-refractivity contribution in [2.45, 2.75) is 6.92 Å². The summed E-state index contributed by atoms with van der Waals surface area (Å²) in [6.45, 7) is 10.2. The Morgan fingerprint density at radius 3 is 2.30 bits per heavy atom. The summed E-state index contributed by atoms with van der Waals surface area (Å²) in [5.74, 6) is 0. The molecule has 1 heterocycles. The summed E-state index contributed by atoms with van der Waals surface area (Å²) in [5.41, 5.74) is 14.3. The van der Waals surface area contributed by atoms with E-state index >= 15 is 0 Å². The highest BCUT2D eigenvalue weighted by atomic mass is 15.0. The fraction of sp³-hybridized carbons (Fsp3) is 0.0238. The first-order valence-corrected chi connectivity index (χ1v) is 14.8. The van der Waals surface area contributed by atoms with Crippen molar-refractivity contribution in [1.29, 1.82) is 0 Å². The summed E-state index contributed by atoms with van der Waals surface area (Å²) in [6.07, 6.45) is 22.2. The molecule has 0 bridgehead atoms. The fourth-order valence-electron chi connectivity index (χ4n) is 5.51. The number of allylic oxidation sites excluding steroid dienone is 12. The summed E-state index contributed by atoms with van der Waals surface area (Å²) >= 11 is 0. The predicted molar refractivity (Wildman–Crippen MR) is 193 cm³/mol. The van der Waals surface area contributed by atoms with E-state index in [-0.39, 0.29) is 0 Å². The SMILES string of the molecule is C=C/C=C\C=Cc1cccc(Nc2ccc(C3=C=C(n4c5ccccc5c5ccccc54)C=C3)cc2C(=C)/C=C\C=C/C)c1. The zero-order chi connectivity index (χ0) is 30.3. The molecule has 0 amide bonds. The van der Waals surface area contributed by atoms with Gasteiger partial charge in [0.05, 0.1) is 16.7 Å². The molecule has 0 fully saturated rings. The van der Waals surface area contributed by atoms with E-state index in [0.717, 1.165) is 44.9 Å². The molecule has 212 valence electrons. The van der Waals surface area contributed by atoms with Crippen LogP contribution in [0.5, 0.6) is 0 Å². The van der Waals surface area contributed by atoms with Crippen molar-refractivity contribution in [2.24, 2.45) is 0 Å². The molecule has 44 heavy (non-hydrogen) atoms. The standard InChI is InChI=1S/C42H34N2/c1-4-6-8-10-17-32-18-15-19-35(28-32)43-40-27-25-34(30-39(40)31(3)16-9-7-5-2)33-24-26-36(29-33)44-41-22-13-11-20-37(41)38-21-12-14-23-42(38)44/h4-28,30,43H,1,3H2,2H3/b7-5-,8-6-,16-9-,17-10?. The van der Waals surface area contributed by atoms with Crippen molar-refractivity contribution in [2.75, 3.05) is 5.32 Å². The van der Waals surface area contributed by atoms with Crippen LogP contribution in [-0.2, 0) is 0 Å². The van der Waals surface area contributed by atoms with Gasteiger partial charge in [-0.1, -0.05) is 128 Å². The largest absolute Gasteiger partial charge is 0.355 e. The summed E-state index contributed by atoms with van der Waals surface area (Å²) in [4.78, 5) is 0. The van der Waals surface area contributed by atoms with Gasteiger partial charge in [-0.2, -0.15) is 0 Å². The van der Waals surface area contributed by atoms with Crippen molar-refractivity contribution in [3.05, 3.63) is 187 Å². The lowest BCUT2D eigenvalue weighted by Gasteiger charge is -2.15. The number of rotatable bonds is 10. The molecule has 2 nitrogen and oxygen atoms in total. The van der Waals surface area contributed by atoms with Crippen LogP contribution in [0.3, 0.4) is 0 Å². The first kappa shape index (κ1) is 28.3. The van der Waals surface area contributed by atoms with Gasteiger partial charge in [0.15, 0.2) is 0 Å². The van der Waals surface area contributed by atoms with Gasteiger partial charge in [-0.05, 0) is 72.2 Å². The Hall–Kier alpha value is -5.82. The third-order valence-electron chi connectivity index (χ3n) is 7.58. The Morgan fingerprint density at radius 1 is 0.773 bits per heavy atom. The van der Waals surface area contributed by atoms with E-state index in [1.807, 2.05) is 49.5 Å². The quantitative estimate of drug-likeness (QED) is 0.131. The molecule has 1 aromatic heterocycles. The second-order valence-electron chi connectivity index (χ2n) is 10.5. The summed E-state index contributed by atoms with van der Waals surface area (Å²) in [6, 6.07) is 32.0. The minimum Gasteiger partial charge on any atom is -0.355 e. The monoisotopic (exact) mass is 566 g/mol. The molecule has 5 aromatic rings. The lowest BCUT2D eigenvalue weighted by atomic mass is 9.98. The zero-order valence-corrected chi connectivity index (χ0v) is 24.9. The van der Waals surface area contributed by atoms with Crippen LogP contribution in [0, 0.1) is 0 Å². The van der Waals surface area contributed by atoms with Gasteiger partial charge < -0.3 is 9.88 Å². The molecule has 0 unspecified atom stereocenters. The number of aromatic nitrogens is 1. The molecule has 0 aliphatic heterocycles. The summed E-state index contributed by atoms with van der Waals surface area (Å²) in [5, 5.41) is 6.13. The number of benzene rings is 4. The van der Waals surface area contributed by atoms with Gasteiger partial charge in [-0.3, -0.25) is 0 Å². The van der Waals surface area contributed by atoms with Crippen LogP contribution in [0.15, 0.2) is 171 Å². The van der Waals surface area contributed by atoms with Gasteiger partial charge in [0.1, 0.15) is 0 Å². The maximum Gasteiger partial charge on any atom is 0.0897 e. The molecule has 0 radical (unpaired) electrons. The maximum absolute atomic E-state index is 4.42. The van der Waals surface area contributed by atoms with Crippen LogP contribution in [0.25, 0.3) is 44.7 Å². The third-order valence-corrected chi connectivity index (χ3v) is 7.58. The van der Waals surface area contributed by atoms with Crippen molar-refractivity contribution in [3.8, 4) is 0 Å². The minimum atomic E-state index is 0.923. The number of nitrogens with one attached hydrogen (secondary N) is 1. The Kier molecular flexibility index (Phi) is 8.36. The number of anilines is 2. The highest BCUT2D eigenvalue weighted by Crippen LogP contribution is 2.36. The molecule has 4 aromatic carbocycles. The van der Waals surface area contributed by atoms with E-state index in [9.17, 15) is 0 Å². The molecule has 1 N–H and O–H groups in total. The van der Waals surface area contributed by atoms with E-state index in [1.54, 1.807) is 6.08 Å². The van der Waals surface area contributed by atoms with E-state index in [2.05, 4.69) is 138 Å². The third kappa shape index (κ3) is 5.89. The van der Waals surface area contributed by atoms with Gasteiger partial charge in [0.2, 0.25) is 0 Å². The predicted octanol–water partition coefficient (Wildman–Crippen LogP) is 11.5. The van der Waals surface area contributed by atoms with Crippen molar-refractivity contribution in [1.82, 2.24) is 4.57 Å². The molecule has 2 heteroatoms. The van der Waals surface area contributed by atoms with E-state index in [0.29, 0.717) is 0 Å². The van der Waals surface area contributed by atoms with Crippen LogP contribution < -0.4 is 5.32 Å². The van der Waals surface area contributed by atoms with E-state index < -0.39 is 0 Å². The first-order chi connectivity index (χ1) is 21.7. The molecule has 0 saturated heterocycles. The molecule has 1 aliphatic rings. The van der Waals surface area contributed by atoms with Crippen molar-refractivity contribution in [3.63, 3.8) is 0 Å². The minimum absolute atomic E-state index is 0.923. The van der Waals surface area contributed by atoms with Crippen LogP contribution in [-0.4, -0.2) is 4.57 Å². The Bertz CT molecular complexity index is 2060. The highest BCUT2D eigenvalue weighted by molar-refractivity contribution is 6.11. The maximum atomic E-state index is 4.42. The normalized spacial score (nSPS) is 13.2. The van der Waals surface area contributed by atoms with Gasteiger partial charge in [0.25, 0.3) is 0 Å². The zero-order valence-electron chi connectivity index (χ0n) is 24.9. The van der Waals surface area contributed by atoms with Crippen LogP contribution in [0.1, 0.15) is 23.6 Å². The molecule has 0 spiro atoms. The van der Waals surface area contributed by atoms with Gasteiger partial charge in [-0.15, -0.1) is 0 Å². The lowest BCUT2D eigenvalue weighted by molar-refractivity contribution is 1.25. The lowest BCUT2D eigenvalue weighted by Crippen LogP contribution is -1.97.